The van der Waals surface area contributed by atoms with Gasteiger partial charge in [-0.2, -0.15) is 13.2 Å². The summed E-state index contributed by atoms with van der Waals surface area (Å²) in [5.74, 6) is -1.71. The quantitative estimate of drug-likeness (QED) is 0.217. The molecule has 1 aliphatic heterocycles. The normalized spacial score (nSPS) is 15.4. The fourth-order valence-electron chi connectivity index (χ4n) is 5.58. The number of nitrogens with one attached hydrogen (secondary N) is 3. The first-order chi connectivity index (χ1) is 24.3. The lowest BCUT2D eigenvalue weighted by Crippen LogP contribution is -2.59. The smallest absolute Gasteiger partial charge is 0.416 e. The highest BCUT2D eigenvalue weighted by molar-refractivity contribution is 5.98. The molecule has 4 rings (SSSR count). The average molecular weight is 729 g/mol. The molecule has 2 atom stereocenters. The van der Waals surface area contributed by atoms with Crippen molar-refractivity contribution < 1.29 is 41.8 Å². The van der Waals surface area contributed by atoms with Gasteiger partial charge in [0, 0.05) is 19.3 Å². The average Bonchev–Trinajstić information content (AvgIpc) is 3.51. The Labute approximate surface area is 301 Å². The molecule has 1 aromatic heterocycles. The van der Waals surface area contributed by atoms with Crippen molar-refractivity contribution in [2.24, 2.45) is 5.92 Å². The fraction of sp³-hybridized carbons (Fsp3) is 0.486. The van der Waals surface area contributed by atoms with Gasteiger partial charge in [-0.15, -0.1) is 0 Å². The molecule has 4 amide bonds. The van der Waals surface area contributed by atoms with Crippen molar-refractivity contribution in [3.05, 3.63) is 83.8 Å². The van der Waals surface area contributed by atoms with E-state index in [9.17, 15) is 32.3 Å². The van der Waals surface area contributed by atoms with Crippen LogP contribution in [0.2, 0.25) is 0 Å². The molecule has 52 heavy (non-hydrogen) atoms. The van der Waals surface area contributed by atoms with Crippen molar-refractivity contribution in [2.45, 2.75) is 90.4 Å². The molecule has 3 aromatic rings. The summed E-state index contributed by atoms with van der Waals surface area (Å²) in [4.78, 5) is 59.2. The Hall–Kier alpha value is -4.92. The molecule has 0 aliphatic carbocycles. The number of likely N-dealkylation sites (tertiary alicyclic amines) is 1. The van der Waals surface area contributed by atoms with Crippen LogP contribution >= 0.6 is 0 Å². The second-order valence-corrected chi connectivity index (χ2v) is 14.5. The van der Waals surface area contributed by atoms with Gasteiger partial charge in [0.05, 0.1) is 25.1 Å². The minimum absolute atomic E-state index is 0.0759. The number of halogens is 3. The number of benzene rings is 2. The van der Waals surface area contributed by atoms with E-state index in [1.165, 1.54) is 49.1 Å². The third-order valence-corrected chi connectivity index (χ3v) is 8.44. The molecule has 282 valence electrons. The van der Waals surface area contributed by atoms with Gasteiger partial charge >= 0.3 is 12.3 Å². The summed E-state index contributed by atoms with van der Waals surface area (Å²) in [6.07, 6.45) is -1.68. The summed E-state index contributed by atoms with van der Waals surface area (Å²) >= 11 is 0. The number of alkyl halides is 3. The maximum Gasteiger partial charge on any atom is 0.416 e. The van der Waals surface area contributed by atoms with E-state index in [1.807, 2.05) is 30.3 Å². The molecule has 12 nitrogen and oxygen atoms in total. The van der Waals surface area contributed by atoms with E-state index < -0.39 is 58.8 Å². The molecule has 0 radical (unpaired) electrons. The van der Waals surface area contributed by atoms with E-state index in [0.29, 0.717) is 31.8 Å². The summed E-state index contributed by atoms with van der Waals surface area (Å²) in [5, 5.41) is 7.70. The number of carbonyl (C=O) groups is 4. The largest absolute Gasteiger partial charge is 0.444 e. The third-order valence-electron chi connectivity index (χ3n) is 8.44. The lowest BCUT2D eigenvalue weighted by Gasteiger charge is -2.34. The monoisotopic (exact) mass is 728 g/mol. The fourth-order valence-corrected chi connectivity index (χ4v) is 5.58. The number of anilines is 1. The molecule has 15 heteroatoms. The highest BCUT2D eigenvalue weighted by Crippen LogP contribution is 2.37. The topological polar surface area (TPSA) is 144 Å². The van der Waals surface area contributed by atoms with Gasteiger partial charge in [-0.25, -0.2) is 9.78 Å². The summed E-state index contributed by atoms with van der Waals surface area (Å²) < 4.78 is 54.9. The first-order valence-electron chi connectivity index (χ1n) is 17.1. The van der Waals surface area contributed by atoms with E-state index in [4.69, 9.17) is 9.47 Å². The van der Waals surface area contributed by atoms with Crippen LogP contribution in [0.4, 0.5) is 23.8 Å². The van der Waals surface area contributed by atoms with Crippen molar-refractivity contribution in [3.8, 4) is 0 Å². The van der Waals surface area contributed by atoms with Crippen molar-refractivity contribution >= 4 is 29.6 Å². The van der Waals surface area contributed by atoms with Gasteiger partial charge < -0.3 is 34.9 Å². The third kappa shape index (κ3) is 11.0. The number of rotatable bonds is 12. The SMILES string of the molecule is CC1CCN(C(=O)C(c2ccccc2C(F)(F)F)n2cnc(NC(=O)C(COCc3ccccc3)NC(=O)C(C)(C)NC(=O)OC(C)(C)C)c2)CC1. The molecule has 1 saturated heterocycles. The molecule has 2 unspecified atom stereocenters. The molecular formula is C37H47F3N6O6. The van der Waals surface area contributed by atoms with Crippen molar-refractivity contribution in [1.82, 2.24) is 25.1 Å². The second-order valence-electron chi connectivity index (χ2n) is 14.5. The maximum atomic E-state index is 14.2. The number of carbonyl (C=O) groups excluding carboxylic acids is 4. The number of alkyl carbamates (subject to hydrolysis) is 1. The summed E-state index contributed by atoms with van der Waals surface area (Å²) in [5.41, 5.74) is -2.74. The van der Waals surface area contributed by atoms with Crippen LogP contribution in [0.15, 0.2) is 67.1 Å². The molecular weight excluding hydrogens is 681 g/mol. The number of aromatic nitrogens is 2. The standard InChI is InChI=1S/C37H47F3N6O6/c1-24-16-18-45(19-17-24)32(48)30(26-14-10-11-15-27(26)37(38,39)40)46-20-29(41-23-46)43-31(47)28(22-51-21-25-12-8-7-9-13-25)42-33(49)36(5,6)44-34(50)52-35(2,3)4/h7-15,20,23-24,28,30H,16-19,21-22H2,1-6H3,(H,42,49)(H,43,47)(H,44,50). The van der Waals surface area contributed by atoms with Gasteiger partial charge in [0.2, 0.25) is 11.8 Å². The van der Waals surface area contributed by atoms with Crippen LogP contribution in [-0.4, -0.2) is 75.1 Å². The molecule has 0 spiro atoms. The number of nitrogens with zero attached hydrogens (tertiary/aromatic N) is 3. The summed E-state index contributed by atoms with van der Waals surface area (Å²) in [7, 11) is 0. The Morgan fingerprint density at radius 3 is 2.21 bits per heavy atom. The zero-order chi connectivity index (χ0) is 38.3. The first-order valence-corrected chi connectivity index (χ1v) is 17.1. The van der Waals surface area contributed by atoms with E-state index >= 15 is 0 Å². The highest BCUT2D eigenvalue weighted by Gasteiger charge is 2.40. The Kier molecular flexibility index (Phi) is 12.7. The Morgan fingerprint density at radius 2 is 1.58 bits per heavy atom. The predicted molar refractivity (Wildman–Crippen MR) is 187 cm³/mol. The maximum absolute atomic E-state index is 14.2. The minimum Gasteiger partial charge on any atom is -0.444 e. The lowest BCUT2D eigenvalue weighted by molar-refractivity contribution is -0.140. The van der Waals surface area contributed by atoms with Crippen LogP contribution in [0.5, 0.6) is 0 Å². The molecule has 0 bridgehead atoms. The van der Waals surface area contributed by atoms with E-state index in [1.54, 1.807) is 25.7 Å². The van der Waals surface area contributed by atoms with Crippen molar-refractivity contribution in [3.63, 3.8) is 0 Å². The molecule has 3 N–H and O–H groups in total. The highest BCUT2D eigenvalue weighted by atomic mass is 19.4. The van der Waals surface area contributed by atoms with Crippen molar-refractivity contribution in [2.75, 3.05) is 25.0 Å². The van der Waals surface area contributed by atoms with Crippen LogP contribution < -0.4 is 16.0 Å². The van der Waals surface area contributed by atoms with Crippen LogP contribution in [0, 0.1) is 5.92 Å². The molecule has 2 aromatic carbocycles. The number of imidazole rings is 1. The van der Waals surface area contributed by atoms with Gasteiger partial charge in [-0.1, -0.05) is 55.5 Å². The summed E-state index contributed by atoms with van der Waals surface area (Å²) in [6, 6.07) is 11.3. The first kappa shape index (κ1) is 39.9. The molecule has 1 aliphatic rings. The summed E-state index contributed by atoms with van der Waals surface area (Å²) in [6.45, 7) is 10.6. The molecule has 0 saturated carbocycles. The Morgan fingerprint density at radius 1 is 0.942 bits per heavy atom. The van der Waals surface area contributed by atoms with Crippen LogP contribution in [0.1, 0.15) is 77.1 Å². The van der Waals surface area contributed by atoms with Gasteiger partial charge in [0.15, 0.2) is 5.82 Å². The zero-order valence-corrected chi connectivity index (χ0v) is 30.3. The van der Waals surface area contributed by atoms with Crippen LogP contribution in [-0.2, 0) is 36.6 Å². The Bertz CT molecular complexity index is 1700. The lowest BCUT2D eigenvalue weighted by atomic mass is 9.95. The number of hydrogen-bond donors (Lipinski definition) is 3. The Balaban J connectivity index is 1.58. The van der Waals surface area contributed by atoms with Gasteiger partial charge in [0.25, 0.3) is 5.91 Å². The number of piperidine rings is 1. The van der Waals surface area contributed by atoms with Gasteiger partial charge in [-0.3, -0.25) is 14.4 Å². The zero-order valence-electron chi connectivity index (χ0n) is 30.3. The van der Waals surface area contributed by atoms with Gasteiger partial charge in [0.1, 0.15) is 23.2 Å². The number of ether oxygens (including phenoxy) is 2. The molecule has 2 heterocycles. The van der Waals surface area contributed by atoms with Crippen molar-refractivity contribution in [1.29, 1.82) is 0 Å². The minimum atomic E-state index is -4.74. The van der Waals surface area contributed by atoms with E-state index in [2.05, 4.69) is 27.9 Å². The predicted octanol–water partition coefficient (Wildman–Crippen LogP) is 5.69. The second kappa shape index (κ2) is 16.6. The van der Waals surface area contributed by atoms with Gasteiger partial charge in [-0.05, 0) is 70.6 Å². The number of hydrogen-bond acceptors (Lipinski definition) is 7. The van der Waals surface area contributed by atoms with E-state index in [0.717, 1.165) is 11.6 Å². The number of amides is 4. The van der Waals surface area contributed by atoms with E-state index in [-0.39, 0.29) is 24.6 Å². The molecule has 1 fully saturated rings. The van der Waals surface area contributed by atoms with Crippen LogP contribution in [0.3, 0.4) is 0 Å². The van der Waals surface area contributed by atoms with Crippen LogP contribution in [0.25, 0.3) is 0 Å².